The number of ether oxygens (including phenoxy) is 5. The van der Waals surface area contributed by atoms with E-state index in [9.17, 15) is 4.79 Å². The maximum atomic E-state index is 12.8. The number of rotatable bonds is 20. The van der Waals surface area contributed by atoms with Gasteiger partial charge in [-0.3, -0.25) is 0 Å². The Hall–Kier alpha value is -0.950. The van der Waals surface area contributed by atoms with E-state index >= 15 is 0 Å². The maximum Gasteiger partial charge on any atom is 0.333 e. The molecule has 2 heterocycles. The molecule has 0 N–H and O–H groups in total. The van der Waals surface area contributed by atoms with Crippen LogP contribution in [0.25, 0.3) is 0 Å². The zero-order chi connectivity index (χ0) is 29.7. The number of unbranched alkanes of at least 4 members (excludes halogenated alkanes) is 6. The third-order valence-corrected chi connectivity index (χ3v) is 11.7. The van der Waals surface area contributed by atoms with Crippen LogP contribution in [-0.4, -0.2) is 60.4 Å². The predicted molar refractivity (Wildman–Crippen MR) is 166 cm³/mol. The van der Waals surface area contributed by atoms with E-state index in [4.69, 9.17) is 23.7 Å². The fraction of sp³-hybridized carbons (Fsp3) is 0.917. The lowest BCUT2D eigenvalue weighted by atomic mass is 9.50. The molecule has 0 aromatic rings. The molecule has 6 fully saturated rings. The summed E-state index contributed by atoms with van der Waals surface area (Å²) in [5, 5.41) is 0. The van der Waals surface area contributed by atoms with Gasteiger partial charge in [-0.15, -0.1) is 0 Å². The molecule has 4 saturated carbocycles. The summed E-state index contributed by atoms with van der Waals surface area (Å²) in [6, 6.07) is 0. The van der Waals surface area contributed by atoms with Gasteiger partial charge in [-0.05, 0) is 83.5 Å². The molecule has 0 spiro atoms. The van der Waals surface area contributed by atoms with Crippen LogP contribution in [0.5, 0.6) is 0 Å². The van der Waals surface area contributed by atoms with Gasteiger partial charge in [0.15, 0.2) is 0 Å². The number of carbonyl (C=O) groups excluding carboxylic acids is 1. The molecule has 2 aliphatic heterocycles. The lowest BCUT2D eigenvalue weighted by molar-refractivity contribution is -0.283. The van der Waals surface area contributed by atoms with Crippen LogP contribution >= 0.6 is 0 Å². The van der Waals surface area contributed by atoms with Crippen LogP contribution in [0.4, 0.5) is 0 Å². The molecule has 0 radical (unpaired) electrons. The SMILES string of the molecule is C=C(C)C(=O)OC12CC3CC(OCCCCCCC4(CC)CCO4)(CC(OCCCCCCC4(CC)CCO4)(C3)C1)C2. The third kappa shape index (κ3) is 7.46. The summed E-state index contributed by atoms with van der Waals surface area (Å²) in [5.74, 6) is 0.224. The van der Waals surface area contributed by atoms with Crippen LogP contribution in [0.1, 0.15) is 149 Å². The van der Waals surface area contributed by atoms with Crippen molar-refractivity contribution in [3.63, 3.8) is 0 Å². The van der Waals surface area contributed by atoms with Crippen LogP contribution in [0.2, 0.25) is 0 Å². The summed E-state index contributed by atoms with van der Waals surface area (Å²) < 4.78 is 31.7. The van der Waals surface area contributed by atoms with Crippen molar-refractivity contribution in [3.8, 4) is 0 Å². The molecule has 4 unspecified atom stereocenters. The second kappa shape index (κ2) is 13.6. The van der Waals surface area contributed by atoms with Crippen molar-refractivity contribution in [3.05, 3.63) is 12.2 Å². The first-order valence-electron chi connectivity index (χ1n) is 17.6. The fourth-order valence-electron chi connectivity index (χ4n) is 9.37. The number of carbonyl (C=O) groups is 1. The highest BCUT2D eigenvalue weighted by atomic mass is 16.6. The van der Waals surface area contributed by atoms with Crippen LogP contribution in [0.15, 0.2) is 12.2 Å². The molecule has 4 aliphatic carbocycles. The number of hydrogen-bond acceptors (Lipinski definition) is 6. The van der Waals surface area contributed by atoms with Crippen molar-refractivity contribution in [2.75, 3.05) is 26.4 Å². The van der Waals surface area contributed by atoms with E-state index in [2.05, 4.69) is 20.4 Å². The maximum absolute atomic E-state index is 12.8. The Morgan fingerprint density at radius 2 is 1.14 bits per heavy atom. The van der Waals surface area contributed by atoms with E-state index in [1.54, 1.807) is 6.92 Å². The van der Waals surface area contributed by atoms with Crippen molar-refractivity contribution in [2.45, 2.75) is 177 Å². The Bertz CT molecular complexity index is 857. The highest BCUT2D eigenvalue weighted by Gasteiger charge is 2.66. The Labute approximate surface area is 256 Å². The Morgan fingerprint density at radius 1 is 0.714 bits per heavy atom. The molecular weight excluding hydrogens is 528 g/mol. The van der Waals surface area contributed by atoms with Crippen LogP contribution < -0.4 is 0 Å². The van der Waals surface area contributed by atoms with E-state index in [0.717, 1.165) is 90.6 Å². The topological polar surface area (TPSA) is 63.2 Å². The molecule has 0 aromatic carbocycles. The van der Waals surface area contributed by atoms with Gasteiger partial charge in [0.05, 0.1) is 35.6 Å². The van der Waals surface area contributed by atoms with Crippen molar-refractivity contribution in [1.82, 2.24) is 0 Å². The normalized spacial score (nSPS) is 38.2. The van der Waals surface area contributed by atoms with Gasteiger partial charge in [-0.25, -0.2) is 4.79 Å². The summed E-state index contributed by atoms with van der Waals surface area (Å²) in [5.41, 5.74) is -0.115. The Balaban J connectivity index is 1.10. The predicted octanol–water partition coefficient (Wildman–Crippen LogP) is 8.39. The smallest absolute Gasteiger partial charge is 0.333 e. The van der Waals surface area contributed by atoms with Crippen molar-refractivity contribution in [2.24, 2.45) is 5.92 Å². The highest BCUT2D eigenvalue weighted by molar-refractivity contribution is 5.87. The Morgan fingerprint density at radius 3 is 1.55 bits per heavy atom. The van der Waals surface area contributed by atoms with Gasteiger partial charge in [-0.2, -0.15) is 0 Å². The van der Waals surface area contributed by atoms with Crippen molar-refractivity contribution < 1.29 is 28.5 Å². The molecule has 2 saturated heterocycles. The Kier molecular flexibility index (Phi) is 10.5. The fourth-order valence-corrected chi connectivity index (χ4v) is 9.37. The summed E-state index contributed by atoms with van der Waals surface area (Å²) in [4.78, 5) is 12.8. The van der Waals surface area contributed by atoms with Crippen LogP contribution in [-0.2, 0) is 28.5 Å². The van der Waals surface area contributed by atoms with Gasteiger partial charge in [-0.1, -0.05) is 59.0 Å². The standard InChI is InChI=1S/C36H60O6/c1-5-32(17-21-40-32)15-11-7-9-13-19-38-34-23-30-24-35(26-34,28-36(25-30,27-34)42-31(37)29(3)4)39-20-14-10-8-12-16-33(6-2)18-22-41-33/h30H,3,5-28H2,1-2,4H3. The van der Waals surface area contributed by atoms with Gasteiger partial charge < -0.3 is 23.7 Å². The molecule has 6 rings (SSSR count). The summed E-state index contributed by atoms with van der Waals surface area (Å²) in [6.45, 7) is 13.6. The molecule has 42 heavy (non-hydrogen) atoms. The van der Waals surface area contributed by atoms with Crippen LogP contribution in [0, 0.1) is 5.92 Å². The van der Waals surface area contributed by atoms with E-state index in [0.29, 0.717) is 11.5 Å². The molecule has 6 nitrogen and oxygen atoms in total. The first-order chi connectivity index (χ1) is 20.2. The van der Waals surface area contributed by atoms with Crippen molar-refractivity contribution in [1.29, 1.82) is 0 Å². The molecule has 6 aliphatic rings. The lowest BCUT2D eigenvalue weighted by Crippen LogP contribution is -2.68. The van der Waals surface area contributed by atoms with E-state index in [1.807, 2.05) is 0 Å². The zero-order valence-electron chi connectivity index (χ0n) is 27.2. The molecule has 4 bridgehead atoms. The molecule has 6 heteroatoms. The number of hydrogen-bond donors (Lipinski definition) is 0. The summed E-state index contributed by atoms with van der Waals surface area (Å²) in [6.07, 6.45) is 22.3. The van der Waals surface area contributed by atoms with Gasteiger partial charge in [0.25, 0.3) is 0 Å². The van der Waals surface area contributed by atoms with Gasteiger partial charge in [0, 0.05) is 38.0 Å². The number of esters is 1. The second-order valence-electron chi connectivity index (χ2n) is 15.0. The molecular formula is C36H60O6. The monoisotopic (exact) mass is 588 g/mol. The molecule has 0 aromatic heterocycles. The van der Waals surface area contributed by atoms with Crippen molar-refractivity contribution >= 4 is 5.97 Å². The second-order valence-corrected chi connectivity index (χ2v) is 15.0. The van der Waals surface area contributed by atoms with Crippen LogP contribution in [0.3, 0.4) is 0 Å². The average molecular weight is 589 g/mol. The van der Waals surface area contributed by atoms with Gasteiger partial charge in [0.2, 0.25) is 0 Å². The highest BCUT2D eigenvalue weighted by Crippen LogP contribution is 2.63. The first kappa shape index (κ1) is 32.4. The summed E-state index contributed by atoms with van der Waals surface area (Å²) >= 11 is 0. The largest absolute Gasteiger partial charge is 0.455 e. The van der Waals surface area contributed by atoms with Gasteiger partial charge in [0.1, 0.15) is 5.60 Å². The molecule has 0 amide bonds. The zero-order valence-corrected chi connectivity index (χ0v) is 27.2. The third-order valence-electron chi connectivity index (χ3n) is 11.7. The minimum absolute atomic E-state index is 0.183. The quantitative estimate of drug-likeness (QED) is 0.0808. The van der Waals surface area contributed by atoms with Gasteiger partial charge >= 0.3 is 5.97 Å². The summed E-state index contributed by atoms with van der Waals surface area (Å²) in [7, 11) is 0. The van der Waals surface area contributed by atoms with E-state index < -0.39 is 5.60 Å². The lowest BCUT2D eigenvalue weighted by Gasteiger charge is -2.64. The first-order valence-corrected chi connectivity index (χ1v) is 17.6. The van der Waals surface area contributed by atoms with E-state index in [-0.39, 0.29) is 28.4 Å². The molecule has 4 atom stereocenters. The minimum Gasteiger partial charge on any atom is -0.455 e. The van der Waals surface area contributed by atoms with E-state index in [1.165, 1.54) is 64.2 Å². The minimum atomic E-state index is -0.482. The molecule has 240 valence electrons. The average Bonchev–Trinajstić information content (AvgIpc) is 2.89.